The summed E-state index contributed by atoms with van der Waals surface area (Å²) in [6.45, 7) is 1.93. The van der Waals surface area contributed by atoms with E-state index < -0.39 is 0 Å². The molecular weight excluding hydrogens is 330 g/mol. The predicted octanol–water partition coefficient (Wildman–Crippen LogP) is 3.45. The van der Waals surface area contributed by atoms with Gasteiger partial charge in [0, 0.05) is 16.0 Å². The highest BCUT2D eigenvalue weighted by molar-refractivity contribution is 9.10. The van der Waals surface area contributed by atoms with Crippen molar-refractivity contribution in [3.63, 3.8) is 0 Å². The molecule has 0 amide bonds. The van der Waals surface area contributed by atoms with E-state index in [4.69, 9.17) is 9.47 Å². The van der Waals surface area contributed by atoms with Crippen LogP contribution in [0.25, 0.3) is 0 Å². The molecule has 1 saturated heterocycles. The van der Waals surface area contributed by atoms with Crippen molar-refractivity contribution < 1.29 is 9.47 Å². The van der Waals surface area contributed by atoms with Crippen molar-refractivity contribution in [3.8, 4) is 11.5 Å². The molecule has 1 aromatic carbocycles. The third kappa shape index (κ3) is 2.46. The lowest BCUT2D eigenvalue weighted by molar-refractivity contribution is 0.0843. The van der Waals surface area contributed by atoms with Crippen LogP contribution in [0.3, 0.4) is 0 Å². The minimum atomic E-state index is 0. The Labute approximate surface area is 128 Å². The van der Waals surface area contributed by atoms with Crippen molar-refractivity contribution in [2.45, 2.75) is 24.8 Å². The Bertz CT molecular complexity index is 469. The highest BCUT2D eigenvalue weighted by Crippen LogP contribution is 2.48. The summed E-state index contributed by atoms with van der Waals surface area (Å²) < 4.78 is 12.5. The number of nitrogens with zero attached hydrogens (tertiary/aromatic N) is 1. The Morgan fingerprint density at radius 2 is 2.21 bits per heavy atom. The van der Waals surface area contributed by atoms with Crippen molar-refractivity contribution in [1.82, 2.24) is 4.90 Å². The summed E-state index contributed by atoms with van der Waals surface area (Å²) in [5.41, 5.74) is 1.29. The van der Waals surface area contributed by atoms with Gasteiger partial charge in [0.15, 0.2) is 11.5 Å². The normalized spacial score (nSPS) is 25.6. The molecule has 0 spiro atoms. The van der Waals surface area contributed by atoms with Crippen LogP contribution in [0, 0.1) is 0 Å². The Morgan fingerprint density at radius 1 is 1.42 bits per heavy atom. The zero-order valence-electron chi connectivity index (χ0n) is 11.2. The van der Waals surface area contributed by atoms with Gasteiger partial charge in [-0.1, -0.05) is 15.9 Å². The number of methoxy groups -OCH3 is 1. The smallest absolute Gasteiger partial charge is 0.165 e. The first kappa shape index (κ1) is 14.9. The summed E-state index contributed by atoms with van der Waals surface area (Å²) in [5, 5.41) is 0. The number of likely N-dealkylation sites (N-methyl/N-ethyl adjacent to an activating group) is 1. The minimum Gasteiger partial charge on any atom is -0.493 e. The zero-order chi connectivity index (χ0) is 12.7. The van der Waals surface area contributed by atoms with Crippen LogP contribution in [0.2, 0.25) is 0 Å². The number of hydrogen-bond donors (Lipinski definition) is 0. The molecule has 0 unspecified atom stereocenters. The first-order valence-electron chi connectivity index (χ1n) is 6.41. The summed E-state index contributed by atoms with van der Waals surface area (Å²) in [6.07, 6.45) is 2.48. The molecule has 0 aliphatic carbocycles. The lowest BCUT2D eigenvalue weighted by Gasteiger charge is -2.43. The van der Waals surface area contributed by atoms with Gasteiger partial charge in [0.05, 0.1) is 13.2 Å². The molecular formula is C14H19BrClNO2. The van der Waals surface area contributed by atoms with Crippen LogP contribution < -0.4 is 9.47 Å². The van der Waals surface area contributed by atoms with Gasteiger partial charge < -0.3 is 9.47 Å². The number of likely N-dealkylation sites (tertiary alicyclic amines) is 1. The van der Waals surface area contributed by atoms with E-state index in [0.717, 1.165) is 22.6 Å². The van der Waals surface area contributed by atoms with Crippen LogP contribution in [-0.4, -0.2) is 38.3 Å². The zero-order valence-corrected chi connectivity index (χ0v) is 13.6. The molecule has 2 atom stereocenters. The van der Waals surface area contributed by atoms with Gasteiger partial charge >= 0.3 is 0 Å². The van der Waals surface area contributed by atoms with E-state index in [2.05, 4.69) is 33.9 Å². The van der Waals surface area contributed by atoms with Crippen LogP contribution >= 0.6 is 28.3 Å². The second kappa shape index (κ2) is 5.90. The predicted molar refractivity (Wildman–Crippen MR) is 81.8 cm³/mol. The molecule has 3 rings (SSSR count). The maximum Gasteiger partial charge on any atom is 0.165 e. The van der Waals surface area contributed by atoms with Crippen molar-refractivity contribution in [2.75, 3.05) is 27.3 Å². The van der Waals surface area contributed by atoms with Crippen LogP contribution in [0.1, 0.15) is 24.3 Å². The first-order chi connectivity index (χ1) is 8.72. The van der Waals surface area contributed by atoms with Gasteiger partial charge in [-0.2, -0.15) is 0 Å². The molecule has 2 aliphatic heterocycles. The highest BCUT2D eigenvalue weighted by atomic mass is 79.9. The molecule has 19 heavy (non-hydrogen) atoms. The van der Waals surface area contributed by atoms with E-state index in [9.17, 15) is 0 Å². The Morgan fingerprint density at radius 3 is 2.95 bits per heavy atom. The summed E-state index contributed by atoms with van der Waals surface area (Å²) in [4.78, 5) is 2.42. The van der Waals surface area contributed by atoms with Crippen molar-refractivity contribution in [2.24, 2.45) is 0 Å². The molecule has 0 aromatic heterocycles. The number of fused-ring (bicyclic) bond motifs is 3. The number of halogens is 2. The van der Waals surface area contributed by atoms with Gasteiger partial charge in [0.25, 0.3) is 0 Å². The fourth-order valence-corrected chi connectivity index (χ4v) is 3.79. The molecule has 2 heterocycles. The Balaban J connectivity index is 0.00000133. The number of hydrogen-bond acceptors (Lipinski definition) is 3. The van der Waals surface area contributed by atoms with E-state index in [0.29, 0.717) is 12.0 Å². The quantitative estimate of drug-likeness (QED) is 0.776. The van der Waals surface area contributed by atoms with Crippen LogP contribution in [0.5, 0.6) is 11.5 Å². The lowest BCUT2D eigenvalue weighted by Crippen LogP contribution is -2.47. The van der Waals surface area contributed by atoms with Gasteiger partial charge in [-0.3, -0.25) is 4.90 Å². The van der Waals surface area contributed by atoms with Gasteiger partial charge in [-0.25, -0.2) is 0 Å². The number of benzene rings is 1. The molecule has 3 nitrogen and oxygen atoms in total. The van der Waals surface area contributed by atoms with Gasteiger partial charge in [-0.15, -0.1) is 12.4 Å². The lowest BCUT2D eigenvalue weighted by atomic mass is 9.82. The molecule has 0 bridgehead atoms. The molecule has 0 radical (unpaired) electrons. The van der Waals surface area contributed by atoms with Gasteiger partial charge in [-0.05, 0) is 38.6 Å². The maximum absolute atomic E-state index is 5.97. The second-order valence-electron chi connectivity index (χ2n) is 5.10. The average molecular weight is 349 g/mol. The molecule has 2 aliphatic rings. The fourth-order valence-electron chi connectivity index (χ4n) is 3.19. The van der Waals surface area contributed by atoms with E-state index in [1.807, 2.05) is 6.07 Å². The number of ether oxygens (including phenoxy) is 2. The third-order valence-corrected chi connectivity index (χ3v) is 4.84. The minimum absolute atomic E-state index is 0. The molecule has 1 aromatic rings. The highest BCUT2D eigenvalue weighted by Gasteiger charge is 2.38. The summed E-state index contributed by atoms with van der Waals surface area (Å²) in [5.74, 6) is 2.33. The topological polar surface area (TPSA) is 21.7 Å². The van der Waals surface area contributed by atoms with Crippen molar-refractivity contribution >= 4 is 28.3 Å². The molecule has 5 heteroatoms. The molecule has 1 fully saturated rings. The molecule has 106 valence electrons. The number of piperidine rings is 1. The van der Waals surface area contributed by atoms with Gasteiger partial charge in [0.2, 0.25) is 0 Å². The summed E-state index contributed by atoms with van der Waals surface area (Å²) in [6, 6.07) is 4.53. The average Bonchev–Trinajstić information content (AvgIpc) is 2.39. The Hall–Kier alpha value is -0.450. The summed E-state index contributed by atoms with van der Waals surface area (Å²) >= 11 is 3.67. The van der Waals surface area contributed by atoms with Crippen molar-refractivity contribution in [3.05, 3.63) is 22.2 Å². The SMILES string of the molecule is COc1ccc(Br)c2c1OC[C@H]1[C@H]2CCCN1C.Cl. The van der Waals surface area contributed by atoms with E-state index in [1.165, 1.54) is 24.9 Å². The Kier molecular flexibility index (Phi) is 4.64. The third-order valence-electron chi connectivity index (χ3n) is 4.15. The van der Waals surface area contributed by atoms with Crippen LogP contribution in [0.4, 0.5) is 0 Å². The monoisotopic (exact) mass is 347 g/mol. The maximum atomic E-state index is 5.97. The van der Waals surface area contributed by atoms with Gasteiger partial charge in [0.1, 0.15) is 6.61 Å². The van der Waals surface area contributed by atoms with E-state index >= 15 is 0 Å². The standard InChI is InChI=1S/C14H18BrNO2.ClH/c1-16-7-3-4-9-11(16)8-18-14-12(17-2)6-5-10(15)13(9)14;/h5-6,9,11H,3-4,7-8H2,1-2H3;1H/t9-,11+;/m1./s1. The van der Waals surface area contributed by atoms with Crippen LogP contribution in [-0.2, 0) is 0 Å². The summed E-state index contributed by atoms with van der Waals surface area (Å²) in [7, 11) is 3.89. The molecule has 0 saturated carbocycles. The van der Waals surface area contributed by atoms with E-state index in [1.54, 1.807) is 7.11 Å². The second-order valence-corrected chi connectivity index (χ2v) is 5.95. The fraction of sp³-hybridized carbons (Fsp3) is 0.571. The van der Waals surface area contributed by atoms with E-state index in [-0.39, 0.29) is 12.4 Å². The van der Waals surface area contributed by atoms with Crippen molar-refractivity contribution in [1.29, 1.82) is 0 Å². The largest absolute Gasteiger partial charge is 0.493 e. The van der Waals surface area contributed by atoms with Crippen LogP contribution in [0.15, 0.2) is 16.6 Å². The molecule has 0 N–H and O–H groups in total. The first-order valence-corrected chi connectivity index (χ1v) is 7.21. The number of rotatable bonds is 1.